The van der Waals surface area contributed by atoms with Gasteiger partial charge in [-0.05, 0) is 34.4 Å². The molecule has 4 aromatic heterocycles. The third-order valence-corrected chi connectivity index (χ3v) is 5.78. The molecule has 1 aromatic carbocycles. The molecule has 0 atom stereocenters. The lowest BCUT2D eigenvalue weighted by molar-refractivity contribution is -0.671. The maximum atomic E-state index is 11.3. The molecule has 0 bridgehead atoms. The lowest BCUT2D eigenvalue weighted by Crippen LogP contribution is -3.00. The second-order valence-electron chi connectivity index (χ2n) is 8.42. The normalized spacial score (nSPS) is 9.51. The zero-order valence-electron chi connectivity index (χ0n) is 21.9. The highest BCUT2D eigenvalue weighted by Crippen LogP contribution is 2.25. The van der Waals surface area contributed by atoms with Gasteiger partial charge in [0, 0.05) is 60.9 Å². The Morgan fingerprint density at radius 3 is 1.41 bits per heavy atom. The zero-order valence-corrected chi connectivity index (χ0v) is 24.2. The minimum Gasteiger partial charge on any atom is -1.00 e. The standard InChI is InChI=1S/C17H14N4O4.C11H11N2.3ClH/c1-18-8-4-13(5-9-18)14-6-10-19(11-7-14)16-3-2-15(20(22)23)12-17(16)21(24)25;1-13-8-4-11(5-9-13)10-2-6-12-7-3-10;;;/h2-12H,1H3;2-9H,1H3;3*1H/q+2;+1;;;/p-3. The Balaban J connectivity index is 0.000000448. The summed E-state index contributed by atoms with van der Waals surface area (Å²) in [6.45, 7) is 0. The number of hydrogen-bond acceptors (Lipinski definition) is 5. The first kappa shape index (κ1) is 34.5. The summed E-state index contributed by atoms with van der Waals surface area (Å²) in [5.74, 6) is 0. The van der Waals surface area contributed by atoms with Gasteiger partial charge in [0.25, 0.3) is 11.4 Å². The maximum absolute atomic E-state index is 11.3. The van der Waals surface area contributed by atoms with Crippen LogP contribution in [0.25, 0.3) is 27.9 Å². The molecule has 0 unspecified atom stereocenters. The summed E-state index contributed by atoms with van der Waals surface area (Å²) in [6.07, 6.45) is 14.9. The van der Waals surface area contributed by atoms with Crippen molar-refractivity contribution in [3.8, 4) is 27.9 Å². The van der Waals surface area contributed by atoms with Crippen LogP contribution in [0.3, 0.4) is 0 Å². The van der Waals surface area contributed by atoms with Crippen LogP contribution in [0, 0.1) is 20.2 Å². The first-order valence-electron chi connectivity index (χ1n) is 11.6. The van der Waals surface area contributed by atoms with Crippen molar-refractivity contribution >= 4 is 11.4 Å². The third-order valence-electron chi connectivity index (χ3n) is 5.78. The predicted molar refractivity (Wildman–Crippen MR) is 139 cm³/mol. The average molecular weight is 616 g/mol. The van der Waals surface area contributed by atoms with Crippen molar-refractivity contribution in [3.05, 3.63) is 137 Å². The molecule has 0 saturated heterocycles. The van der Waals surface area contributed by atoms with E-state index in [0.29, 0.717) is 0 Å². The van der Waals surface area contributed by atoms with Gasteiger partial charge in [0.05, 0.1) is 9.85 Å². The molecular formula is C28H25Cl3N6O4. The Labute approximate surface area is 255 Å². The molecule has 0 aliphatic heterocycles. The second kappa shape index (κ2) is 15.9. The summed E-state index contributed by atoms with van der Waals surface area (Å²) in [5.41, 5.74) is 4.03. The van der Waals surface area contributed by atoms with Gasteiger partial charge < -0.3 is 37.2 Å². The van der Waals surface area contributed by atoms with Crippen molar-refractivity contribution in [3.63, 3.8) is 0 Å². The van der Waals surface area contributed by atoms with Gasteiger partial charge >= 0.3 is 5.69 Å². The van der Waals surface area contributed by atoms with Gasteiger partial charge in [-0.2, -0.15) is 4.57 Å². The highest BCUT2D eigenvalue weighted by Gasteiger charge is 2.26. The lowest BCUT2D eigenvalue weighted by Gasteiger charge is -2.01. The summed E-state index contributed by atoms with van der Waals surface area (Å²) in [7, 11) is 3.94. The van der Waals surface area contributed by atoms with E-state index in [4.69, 9.17) is 0 Å². The molecule has 10 nitrogen and oxygen atoms in total. The molecule has 41 heavy (non-hydrogen) atoms. The van der Waals surface area contributed by atoms with Crippen LogP contribution in [0.2, 0.25) is 0 Å². The highest BCUT2D eigenvalue weighted by molar-refractivity contribution is 5.62. The molecule has 0 fully saturated rings. The van der Waals surface area contributed by atoms with Crippen LogP contribution in [0.15, 0.2) is 116 Å². The van der Waals surface area contributed by atoms with Crippen LogP contribution in [-0.2, 0) is 14.1 Å². The molecule has 5 aromatic rings. The van der Waals surface area contributed by atoms with E-state index in [1.54, 1.807) is 17.0 Å². The number of rotatable bonds is 5. The van der Waals surface area contributed by atoms with Crippen molar-refractivity contribution in [1.29, 1.82) is 0 Å². The van der Waals surface area contributed by atoms with E-state index in [1.807, 2.05) is 96.8 Å². The van der Waals surface area contributed by atoms with Gasteiger partial charge in [-0.15, -0.1) is 0 Å². The van der Waals surface area contributed by atoms with Gasteiger partial charge in [-0.25, -0.2) is 9.13 Å². The number of halogens is 3. The number of pyridine rings is 4. The molecule has 0 amide bonds. The summed E-state index contributed by atoms with van der Waals surface area (Å²) in [4.78, 5) is 24.8. The van der Waals surface area contributed by atoms with Crippen LogP contribution in [0.1, 0.15) is 0 Å². The van der Waals surface area contributed by atoms with Crippen molar-refractivity contribution in [1.82, 2.24) is 4.98 Å². The molecule has 0 aliphatic carbocycles. The Bertz CT molecular complexity index is 1570. The summed E-state index contributed by atoms with van der Waals surface area (Å²) in [6, 6.07) is 19.4. The van der Waals surface area contributed by atoms with E-state index >= 15 is 0 Å². The highest BCUT2D eigenvalue weighted by atomic mass is 35.5. The Morgan fingerprint density at radius 1 is 0.585 bits per heavy atom. The second-order valence-corrected chi connectivity index (χ2v) is 8.42. The number of nitrogens with zero attached hydrogens (tertiary/aromatic N) is 6. The smallest absolute Gasteiger partial charge is 0.347 e. The third kappa shape index (κ3) is 9.00. The van der Waals surface area contributed by atoms with E-state index in [9.17, 15) is 20.2 Å². The largest absolute Gasteiger partial charge is 1.00 e. The topological polar surface area (TPSA) is 111 Å². The fourth-order valence-electron chi connectivity index (χ4n) is 3.70. The van der Waals surface area contributed by atoms with E-state index < -0.39 is 9.85 Å². The van der Waals surface area contributed by atoms with Crippen LogP contribution >= 0.6 is 0 Å². The number of hydrogen-bond donors (Lipinski definition) is 0. The van der Waals surface area contributed by atoms with Crippen molar-refractivity contribution in [2.75, 3.05) is 0 Å². The number of aryl methyl sites for hydroxylation is 2. The molecule has 212 valence electrons. The first-order valence-corrected chi connectivity index (χ1v) is 11.6. The van der Waals surface area contributed by atoms with Crippen LogP contribution in [-0.4, -0.2) is 14.8 Å². The number of nitro groups is 2. The van der Waals surface area contributed by atoms with Crippen molar-refractivity contribution in [2.24, 2.45) is 14.1 Å². The van der Waals surface area contributed by atoms with Gasteiger partial charge in [-0.3, -0.25) is 25.2 Å². The predicted octanol–water partition coefficient (Wildman–Crippen LogP) is -5.14. The minimum atomic E-state index is -0.653. The van der Waals surface area contributed by atoms with Crippen LogP contribution in [0.4, 0.5) is 11.4 Å². The molecule has 0 aliphatic rings. The Kier molecular flexibility index (Phi) is 13.4. The molecule has 5 rings (SSSR count). The first-order chi connectivity index (χ1) is 18.3. The average Bonchev–Trinajstić information content (AvgIpc) is 2.94. The number of benzene rings is 1. The van der Waals surface area contributed by atoms with Crippen molar-refractivity contribution < 1.29 is 60.8 Å². The fourth-order valence-corrected chi connectivity index (χ4v) is 3.70. The molecule has 0 radical (unpaired) electrons. The van der Waals surface area contributed by atoms with E-state index in [0.717, 1.165) is 17.2 Å². The molecule has 0 saturated carbocycles. The SMILES string of the molecule is C[n+]1ccc(-c2cc[n+](-c3ccc([N+](=O)[O-])cc3[N+](=O)[O-])cc2)cc1.C[n+]1ccc(-c2ccncc2)cc1.[Cl-].[Cl-].[Cl-]. The van der Waals surface area contributed by atoms with Crippen LogP contribution in [0.5, 0.6) is 0 Å². The lowest BCUT2D eigenvalue weighted by atomic mass is 10.1. The zero-order chi connectivity index (χ0) is 27.1. The summed E-state index contributed by atoms with van der Waals surface area (Å²) < 4.78 is 5.51. The Hall–Kier alpha value is -4.51. The quantitative estimate of drug-likeness (QED) is 0.112. The monoisotopic (exact) mass is 614 g/mol. The van der Waals surface area contributed by atoms with E-state index in [-0.39, 0.29) is 54.3 Å². The minimum absolute atomic E-state index is 0. The summed E-state index contributed by atoms with van der Waals surface area (Å²) >= 11 is 0. The molecule has 13 heteroatoms. The van der Waals surface area contributed by atoms with Gasteiger partial charge in [0.2, 0.25) is 0 Å². The van der Waals surface area contributed by atoms with E-state index in [1.165, 1.54) is 23.3 Å². The summed E-state index contributed by atoms with van der Waals surface area (Å²) in [5, 5.41) is 22.1. The number of nitro benzene ring substituents is 2. The Morgan fingerprint density at radius 2 is 1.00 bits per heavy atom. The van der Waals surface area contributed by atoms with Gasteiger partial charge in [-0.1, -0.05) is 0 Å². The van der Waals surface area contributed by atoms with Gasteiger partial charge in [0.15, 0.2) is 37.2 Å². The molecule has 0 spiro atoms. The molecular weight excluding hydrogens is 591 g/mol. The number of aromatic nitrogens is 4. The fraction of sp³-hybridized carbons (Fsp3) is 0.0714. The van der Waals surface area contributed by atoms with Crippen molar-refractivity contribution in [2.45, 2.75) is 0 Å². The maximum Gasteiger partial charge on any atom is 0.347 e. The van der Waals surface area contributed by atoms with E-state index in [2.05, 4.69) is 17.1 Å². The van der Waals surface area contributed by atoms with Crippen LogP contribution < -0.4 is 50.9 Å². The molecule has 0 N–H and O–H groups in total. The number of non-ortho nitro benzene ring substituents is 1. The molecule has 4 heterocycles. The van der Waals surface area contributed by atoms with Gasteiger partial charge in [0.1, 0.15) is 20.2 Å².